The third kappa shape index (κ3) is 1.50. The summed E-state index contributed by atoms with van der Waals surface area (Å²) in [5.41, 5.74) is 1.55. The van der Waals surface area contributed by atoms with E-state index in [1.54, 1.807) is 5.56 Å². The number of piperidine rings is 1. The Morgan fingerprint density at radius 2 is 1.93 bits per heavy atom. The van der Waals surface area contributed by atoms with Crippen LogP contribution in [0.2, 0.25) is 0 Å². The largest absolute Gasteiger partial charge is 0.300 e. The van der Waals surface area contributed by atoms with E-state index in [1.807, 2.05) is 0 Å². The summed E-state index contributed by atoms with van der Waals surface area (Å²) >= 11 is 0. The molecule has 0 radical (unpaired) electrons. The highest BCUT2D eigenvalue weighted by Gasteiger charge is 2.41. The van der Waals surface area contributed by atoms with Gasteiger partial charge in [0.15, 0.2) is 0 Å². The molecule has 0 spiro atoms. The Morgan fingerprint density at radius 1 is 1.13 bits per heavy atom. The highest BCUT2D eigenvalue weighted by molar-refractivity contribution is 5.24. The first-order chi connectivity index (χ1) is 7.36. The molecular formula is C14H19N. The van der Waals surface area contributed by atoms with Crippen molar-refractivity contribution in [2.75, 3.05) is 7.05 Å². The molecule has 3 rings (SSSR count). The summed E-state index contributed by atoms with van der Waals surface area (Å²) in [7, 11) is 2.32. The first-order valence-electron chi connectivity index (χ1n) is 6.13. The molecule has 2 heterocycles. The van der Waals surface area contributed by atoms with Gasteiger partial charge < -0.3 is 0 Å². The van der Waals surface area contributed by atoms with E-state index in [1.165, 1.54) is 25.7 Å². The monoisotopic (exact) mass is 201 g/mol. The maximum Gasteiger partial charge on any atom is 0.0164 e. The number of fused-ring (bicyclic) bond motifs is 2. The van der Waals surface area contributed by atoms with Gasteiger partial charge in [-0.05, 0) is 31.9 Å². The van der Waals surface area contributed by atoms with Gasteiger partial charge >= 0.3 is 0 Å². The van der Waals surface area contributed by atoms with E-state index in [4.69, 9.17) is 0 Å². The molecule has 2 aliphatic heterocycles. The van der Waals surface area contributed by atoms with E-state index in [0.29, 0.717) is 0 Å². The Kier molecular flexibility index (Phi) is 2.28. The van der Waals surface area contributed by atoms with Crippen molar-refractivity contribution in [3.8, 4) is 0 Å². The minimum Gasteiger partial charge on any atom is -0.300 e. The van der Waals surface area contributed by atoms with Gasteiger partial charge in [0, 0.05) is 18.0 Å². The molecule has 2 bridgehead atoms. The van der Waals surface area contributed by atoms with Crippen LogP contribution in [0.5, 0.6) is 0 Å². The Morgan fingerprint density at radius 3 is 2.67 bits per heavy atom. The minimum atomic E-state index is 0.795. The number of benzene rings is 1. The number of likely N-dealkylation sites (N-methyl/N-ethyl adjacent to an activating group) is 1. The van der Waals surface area contributed by atoms with E-state index < -0.39 is 0 Å². The van der Waals surface area contributed by atoms with Crippen molar-refractivity contribution < 1.29 is 0 Å². The molecule has 2 aliphatic rings. The number of hydrogen-bond acceptors (Lipinski definition) is 1. The predicted octanol–water partition coefficient (Wildman–Crippen LogP) is 3.03. The zero-order valence-corrected chi connectivity index (χ0v) is 9.39. The van der Waals surface area contributed by atoms with E-state index in [-0.39, 0.29) is 0 Å². The Hall–Kier alpha value is -0.820. The SMILES string of the molecule is CN1[C@H]2CCC[C@@H]1[C@@H](c1ccccc1)C2. The second kappa shape index (κ2) is 3.64. The van der Waals surface area contributed by atoms with Crippen LogP contribution in [0.4, 0.5) is 0 Å². The van der Waals surface area contributed by atoms with E-state index in [2.05, 4.69) is 42.3 Å². The number of nitrogens with zero attached hydrogens (tertiary/aromatic N) is 1. The molecule has 0 N–H and O–H groups in total. The van der Waals surface area contributed by atoms with Crippen LogP contribution < -0.4 is 0 Å². The molecule has 15 heavy (non-hydrogen) atoms. The van der Waals surface area contributed by atoms with Gasteiger partial charge in [-0.25, -0.2) is 0 Å². The molecule has 0 aliphatic carbocycles. The molecular weight excluding hydrogens is 182 g/mol. The fraction of sp³-hybridized carbons (Fsp3) is 0.571. The standard InChI is InChI=1S/C14H19N/c1-15-12-8-5-9-14(15)13(10-12)11-6-3-2-4-7-11/h2-4,6-7,12-14H,5,8-10H2,1H3/t12-,13+,14+/m0/s1. The molecule has 2 fully saturated rings. The molecule has 1 nitrogen and oxygen atoms in total. The van der Waals surface area contributed by atoms with Crippen LogP contribution in [-0.4, -0.2) is 24.0 Å². The third-order valence-corrected chi connectivity index (χ3v) is 4.35. The minimum absolute atomic E-state index is 0.795. The van der Waals surface area contributed by atoms with Crippen molar-refractivity contribution in [2.45, 2.75) is 43.7 Å². The van der Waals surface area contributed by atoms with Gasteiger partial charge in [-0.15, -0.1) is 0 Å². The molecule has 3 atom stereocenters. The van der Waals surface area contributed by atoms with Crippen LogP contribution in [0, 0.1) is 0 Å². The lowest BCUT2D eigenvalue weighted by molar-refractivity contribution is 0.174. The van der Waals surface area contributed by atoms with Crippen LogP contribution in [0.3, 0.4) is 0 Å². The molecule has 1 aromatic rings. The Balaban J connectivity index is 1.89. The normalized spacial score (nSPS) is 35.7. The van der Waals surface area contributed by atoms with Crippen molar-refractivity contribution >= 4 is 0 Å². The van der Waals surface area contributed by atoms with Crippen molar-refractivity contribution in [3.05, 3.63) is 35.9 Å². The van der Waals surface area contributed by atoms with Gasteiger partial charge in [0.05, 0.1) is 0 Å². The van der Waals surface area contributed by atoms with Crippen molar-refractivity contribution in [1.29, 1.82) is 0 Å². The lowest BCUT2D eigenvalue weighted by atomic mass is 9.90. The number of rotatable bonds is 1. The van der Waals surface area contributed by atoms with Gasteiger partial charge in [0.2, 0.25) is 0 Å². The highest BCUT2D eigenvalue weighted by Crippen LogP contribution is 2.43. The van der Waals surface area contributed by atoms with Crippen LogP contribution in [0.1, 0.15) is 37.2 Å². The molecule has 80 valence electrons. The fourth-order valence-electron chi connectivity index (χ4n) is 3.52. The average Bonchev–Trinajstić information content (AvgIpc) is 2.51. The lowest BCUT2D eigenvalue weighted by Crippen LogP contribution is -2.37. The molecule has 0 aromatic heterocycles. The summed E-state index contributed by atoms with van der Waals surface area (Å²) in [6, 6.07) is 12.8. The van der Waals surface area contributed by atoms with Gasteiger partial charge in [-0.3, -0.25) is 4.90 Å². The molecule has 2 saturated heterocycles. The number of hydrogen-bond donors (Lipinski definition) is 0. The lowest BCUT2D eigenvalue weighted by Gasteiger charge is -2.32. The topological polar surface area (TPSA) is 3.24 Å². The quantitative estimate of drug-likeness (QED) is 0.675. The summed E-state index contributed by atoms with van der Waals surface area (Å²) in [6.07, 6.45) is 5.62. The zero-order chi connectivity index (χ0) is 10.3. The molecule has 0 saturated carbocycles. The second-order valence-electron chi connectivity index (χ2n) is 5.07. The second-order valence-corrected chi connectivity index (χ2v) is 5.07. The maximum atomic E-state index is 2.63. The summed E-state index contributed by atoms with van der Waals surface area (Å²) in [5, 5.41) is 0. The molecule has 0 amide bonds. The van der Waals surface area contributed by atoms with Crippen LogP contribution >= 0.6 is 0 Å². The first-order valence-corrected chi connectivity index (χ1v) is 6.13. The highest BCUT2D eigenvalue weighted by atomic mass is 15.2. The molecule has 0 unspecified atom stereocenters. The summed E-state index contributed by atoms with van der Waals surface area (Å²) < 4.78 is 0. The smallest absolute Gasteiger partial charge is 0.0164 e. The van der Waals surface area contributed by atoms with Gasteiger partial charge in [0.25, 0.3) is 0 Å². The van der Waals surface area contributed by atoms with Crippen molar-refractivity contribution in [2.24, 2.45) is 0 Å². The third-order valence-electron chi connectivity index (χ3n) is 4.35. The van der Waals surface area contributed by atoms with Crippen molar-refractivity contribution in [3.63, 3.8) is 0 Å². The molecule has 1 aromatic carbocycles. The van der Waals surface area contributed by atoms with Crippen LogP contribution in [0.25, 0.3) is 0 Å². The summed E-state index contributed by atoms with van der Waals surface area (Å²) in [4.78, 5) is 2.63. The maximum absolute atomic E-state index is 2.63. The van der Waals surface area contributed by atoms with Gasteiger partial charge in [0.1, 0.15) is 0 Å². The Bertz CT molecular complexity index is 332. The van der Waals surface area contributed by atoms with Crippen LogP contribution in [-0.2, 0) is 0 Å². The van der Waals surface area contributed by atoms with Crippen molar-refractivity contribution in [1.82, 2.24) is 4.90 Å². The molecule has 1 heteroatoms. The predicted molar refractivity (Wildman–Crippen MR) is 63.0 cm³/mol. The fourth-order valence-corrected chi connectivity index (χ4v) is 3.52. The van der Waals surface area contributed by atoms with Gasteiger partial charge in [-0.1, -0.05) is 36.8 Å². The van der Waals surface area contributed by atoms with Crippen LogP contribution in [0.15, 0.2) is 30.3 Å². The zero-order valence-electron chi connectivity index (χ0n) is 9.39. The van der Waals surface area contributed by atoms with Gasteiger partial charge in [-0.2, -0.15) is 0 Å². The van der Waals surface area contributed by atoms with E-state index in [0.717, 1.165) is 18.0 Å². The average molecular weight is 201 g/mol. The Labute approximate surface area is 92.1 Å². The van der Waals surface area contributed by atoms with E-state index in [9.17, 15) is 0 Å². The summed E-state index contributed by atoms with van der Waals surface area (Å²) in [5.74, 6) is 0.795. The van der Waals surface area contributed by atoms with E-state index >= 15 is 0 Å². The summed E-state index contributed by atoms with van der Waals surface area (Å²) in [6.45, 7) is 0. The first kappa shape index (κ1) is 9.41.